The monoisotopic (exact) mass is 268 g/mol. The van der Waals surface area contributed by atoms with E-state index in [2.05, 4.69) is 43.2 Å². The smallest absolute Gasteiger partial charge is 0.153 e. The molecule has 3 nitrogen and oxygen atoms in total. The van der Waals surface area contributed by atoms with Gasteiger partial charge in [-0.15, -0.1) is 0 Å². The summed E-state index contributed by atoms with van der Waals surface area (Å²) in [6.07, 6.45) is 6.37. The van der Waals surface area contributed by atoms with Crippen molar-refractivity contribution in [3.05, 3.63) is 41.6 Å². The maximum atomic E-state index is 11.3. The number of hydrogen-bond donors (Lipinski definition) is 0. The van der Waals surface area contributed by atoms with E-state index in [4.69, 9.17) is 0 Å². The van der Waals surface area contributed by atoms with E-state index in [-0.39, 0.29) is 0 Å². The lowest BCUT2D eigenvalue weighted by atomic mass is 10.1. The Morgan fingerprint density at radius 3 is 2.60 bits per heavy atom. The van der Waals surface area contributed by atoms with Gasteiger partial charge in [-0.1, -0.05) is 31.2 Å². The van der Waals surface area contributed by atoms with Gasteiger partial charge >= 0.3 is 0 Å². The third kappa shape index (κ3) is 2.40. The molecular weight excluding hydrogens is 248 g/mol. The summed E-state index contributed by atoms with van der Waals surface area (Å²) in [6.45, 7) is 4.32. The maximum absolute atomic E-state index is 11.3. The van der Waals surface area contributed by atoms with Crippen LogP contribution in [0.1, 0.15) is 48.7 Å². The highest BCUT2D eigenvalue weighted by molar-refractivity contribution is 5.85. The molecule has 0 N–H and O–H groups in total. The molecule has 0 bridgehead atoms. The summed E-state index contributed by atoms with van der Waals surface area (Å²) in [5, 5.41) is 4.65. The van der Waals surface area contributed by atoms with Crippen molar-refractivity contribution >= 4 is 6.29 Å². The first-order valence-electron chi connectivity index (χ1n) is 7.36. The summed E-state index contributed by atoms with van der Waals surface area (Å²) in [5.74, 6) is 0.727. The zero-order chi connectivity index (χ0) is 14.1. The highest BCUT2D eigenvalue weighted by Crippen LogP contribution is 2.39. The number of rotatable bonds is 5. The topological polar surface area (TPSA) is 34.9 Å². The predicted molar refractivity (Wildman–Crippen MR) is 79.9 cm³/mol. The number of aromatic nitrogens is 2. The quantitative estimate of drug-likeness (QED) is 0.771. The molecule has 20 heavy (non-hydrogen) atoms. The summed E-state index contributed by atoms with van der Waals surface area (Å²) in [5.41, 5.74) is 3.80. The van der Waals surface area contributed by atoms with Gasteiger partial charge in [-0.2, -0.15) is 5.10 Å². The average molecular weight is 268 g/mol. The second kappa shape index (κ2) is 5.23. The van der Waals surface area contributed by atoms with Crippen molar-refractivity contribution in [3.8, 4) is 11.3 Å². The van der Waals surface area contributed by atoms with Crippen LogP contribution >= 0.6 is 0 Å². The number of aryl methyl sites for hydroxylation is 1. The highest BCUT2D eigenvalue weighted by Gasteiger charge is 2.30. The molecule has 0 spiro atoms. The van der Waals surface area contributed by atoms with E-state index in [1.807, 2.05) is 10.9 Å². The van der Waals surface area contributed by atoms with Crippen molar-refractivity contribution in [1.82, 2.24) is 9.78 Å². The van der Waals surface area contributed by atoms with Gasteiger partial charge in [0.2, 0.25) is 0 Å². The third-order valence-corrected chi connectivity index (χ3v) is 4.24. The van der Waals surface area contributed by atoms with Crippen LogP contribution in [0.4, 0.5) is 0 Å². The molecule has 0 aliphatic heterocycles. The number of hydrogen-bond acceptors (Lipinski definition) is 2. The van der Waals surface area contributed by atoms with E-state index in [0.717, 1.165) is 29.9 Å². The van der Waals surface area contributed by atoms with Gasteiger partial charge < -0.3 is 0 Å². The fourth-order valence-corrected chi connectivity index (χ4v) is 2.62. The zero-order valence-electron chi connectivity index (χ0n) is 12.0. The van der Waals surface area contributed by atoms with Gasteiger partial charge in [-0.25, -0.2) is 0 Å². The number of nitrogens with zero attached hydrogens (tertiary/aromatic N) is 2. The Kier molecular flexibility index (Phi) is 3.43. The van der Waals surface area contributed by atoms with Gasteiger partial charge in [-0.3, -0.25) is 9.48 Å². The predicted octanol–water partition coefficient (Wildman–Crippen LogP) is 3.90. The Morgan fingerprint density at radius 1 is 1.35 bits per heavy atom. The van der Waals surface area contributed by atoms with Crippen molar-refractivity contribution in [2.45, 2.75) is 39.2 Å². The van der Waals surface area contributed by atoms with Gasteiger partial charge in [0, 0.05) is 11.8 Å². The van der Waals surface area contributed by atoms with Crippen LogP contribution in [0.25, 0.3) is 11.3 Å². The Bertz CT molecular complexity index is 608. The van der Waals surface area contributed by atoms with Crippen LogP contribution in [0.3, 0.4) is 0 Å². The Labute approximate surface area is 119 Å². The Hall–Kier alpha value is -1.90. The molecule has 0 amide bonds. The summed E-state index contributed by atoms with van der Waals surface area (Å²) >= 11 is 0. The minimum atomic E-state index is 0.386. The molecule has 1 aliphatic carbocycles. The summed E-state index contributed by atoms with van der Waals surface area (Å²) in [7, 11) is 0. The summed E-state index contributed by atoms with van der Waals surface area (Å²) in [4.78, 5) is 11.3. The highest BCUT2D eigenvalue weighted by atomic mass is 16.1. The van der Waals surface area contributed by atoms with E-state index in [9.17, 15) is 4.79 Å². The molecule has 1 heterocycles. The molecule has 0 radical (unpaired) electrons. The maximum Gasteiger partial charge on any atom is 0.153 e. The lowest BCUT2D eigenvalue weighted by Crippen LogP contribution is -2.07. The average Bonchev–Trinajstić information content (AvgIpc) is 3.25. The summed E-state index contributed by atoms with van der Waals surface area (Å²) in [6, 6.07) is 8.71. The first kappa shape index (κ1) is 13.1. The molecule has 104 valence electrons. The fraction of sp³-hybridized carbons (Fsp3) is 0.412. The number of aldehydes is 1. The Balaban J connectivity index is 1.96. The normalized spacial score (nSPS) is 16.1. The second-order valence-corrected chi connectivity index (χ2v) is 5.66. The number of carbonyl (C=O) groups is 1. The lowest BCUT2D eigenvalue weighted by Gasteiger charge is -2.09. The van der Waals surface area contributed by atoms with Crippen molar-refractivity contribution in [2.75, 3.05) is 0 Å². The molecule has 1 aromatic heterocycles. The van der Waals surface area contributed by atoms with E-state index >= 15 is 0 Å². The van der Waals surface area contributed by atoms with Gasteiger partial charge in [0.15, 0.2) is 6.29 Å². The van der Waals surface area contributed by atoms with Crippen LogP contribution in [0.15, 0.2) is 30.5 Å². The van der Waals surface area contributed by atoms with Crippen LogP contribution in [-0.4, -0.2) is 16.1 Å². The molecule has 2 aromatic rings. The van der Waals surface area contributed by atoms with E-state index in [0.29, 0.717) is 11.6 Å². The first-order chi connectivity index (χ1) is 9.72. The molecular formula is C17H20N2O. The van der Waals surface area contributed by atoms with Crippen LogP contribution in [-0.2, 0) is 6.42 Å². The Morgan fingerprint density at radius 2 is 2.05 bits per heavy atom. The zero-order valence-corrected chi connectivity index (χ0v) is 12.0. The standard InChI is InChI=1S/C17H20N2O/c1-3-13-4-6-15(7-5-13)17-16(11-20)10-19(18-17)12(2)14-8-9-14/h4-7,10-12,14H,3,8-9H2,1-2H3. The van der Waals surface area contributed by atoms with Crippen molar-refractivity contribution < 1.29 is 4.79 Å². The lowest BCUT2D eigenvalue weighted by molar-refractivity contribution is 0.112. The first-order valence-corrected chi connectivity index (χ1v) is 7.36. The SMILES string of the molecule is CCc1ccc(-c2nn(C(C)C3CC3)cc2C=O)cc1. The fourth-order valence-electron chi connectivity index (χ4n) is 2.62. The van der Waals surface area contributed by atoms with Crippen LogP contribution in [0.2, 0.25) is 0 Å². The molecule has 1 unspecified atom stereocenters. The van der Waals surface area contributed by atoms with Gasteiger partial charge in [0.05, 0.1) is 11.6 Å². The van der Waals surface area contributed by atoms with Gasteiger partial charge in [-0.05, 0) is 37.7 Å². The summed E-state index contributed by atoms with van der Waals surface area (Å²) < 4.78 is 1.96. The molecule has 0 saturated heterocycles. The number of carbonyl (C=O) groups excluding carboxylic acids is 1. The minimum absolute atomic E-state index is 0.386. The van der Waals surface area contributed by atoms with Crippen LogP contribution < -0.4 is 0 Å². The van der Waals surface area contributed by atoms with Crippen molar-refractivity contribution in [1.29, 1.82) is 0 Å². The molecule has 3 rings (SSSR count). The van der Waals surface area contributed by atoms with Gasteiger partial charge in [0.25, 0.3) is 0 Å². The van der Waals surface area contributed by atoms with Crippen LogP contribution in [0.5, 0.6) is 0 Å². The molecule has 3 heteroatoms. The van der Waals surface area contributed by atoms with Gasteiger partial charge in [0.1, 0.15) is 5.69 Å². The van der Waals surface area contributed by atoms with Crippen molar-refractivity contribution in [3.63, 3.8) is 0 Å². The molecule has 1 aliphatic rings. The van der Waals surface area contributed by atoms with E-state index in [1.165, 1.54) is 18.4 Å². The number of benzene rings is 1. The third-order valence-electron chi connectivity index (χ3n) is 4.24. The molecule has 1 atom stereocenters. The second-order valence-electron chi connectivity index (χ2n) is 5.66. The minimum Gasteiger partial charge on any atom is -0.298 e. The largest absolute Gasteiger partial charge is 0.298 e. The molecule has 1 saturated carbocycles. The van der Waals surface area contributed by atoms with E-state index in [1.54, 1.807) is 0 Å². The molecule has 1 fully saturated rings. The van der Waals surface area contributed by atoms with Crippen molar-refractivity contribution in [2.24, 2.45) is 5.92 Å². The van der Waals surface area contributed by atoms with Crippen LogP contribution in [0, 0.1) is 5.92 Å². The van der Waals surface area contributed by atoms with E-state index < -0.39 is 0 Å². The molecule has 1 aromatic carbocycles.